The van der Waals surface area contributed by atoms with Gasteiger partial charge in [0.15, 0.2) is 0 Å². The van der Waals surface area contributed by atoms with Gasteiger partial charge in [-0.15, -0.1) is 11.8 Å². The second kappa shape index (κ2) is 6.06. The fourth-order valence-electron chi connectivity index (χ4n) is 2.00. The Labute approximate surface area is 113 Å². The molecule has 100 valence electrons. The summed E-state index contributed by atoms with van der Waals surface area (Å²) in [6, 6.07) is 7.10. The molecular weight excluding hydrogens is 268 g/mol. The fraction of sp³-hybridized carbons (Fsp3) is 0.500. The Morgan fingerprint density at radius 3 is 2.72 bits per heavy atom. The van der Waals surface area contributed by atoms with Crippen LogP contribution in [0.5, 0.6) is 0 Å². The van der Waals surface area contributed by atoms with Gasteiger partial charge in [-0.1, -0.05) is 6.07 Å². The number of thioether (sulfide) groups is 1. The molecule has 0 spiro atoms. The molecule has 2 N–H and O–H groups in total. The summed E-state index contributed by atoms with van der Waals surface area (Å²) in [5.74, 6) is 0. The molecule has 1 aliphatic rings. The molecular formula is C12H18N2O2S2. The number of hydrogen-bond donors (Lipinski definition) is 2. The molecule has 0 saturated carbocycles. The Morgan fingerprint density at radius 1 is 1.33 bits per heavy atom. The largest absolute Gasteiger partial charge is 0.317 e. The van der Waals surface area contributed by atoms with Crippen molar-refractivity contribution in [2.24, 2.45) is 0 Å². The van der Waals surface area contributed by atoms with Crippen molar-refractivity contribution in [2.75, 3.05) is 19.3 Å². The van der Waals surface area contributed by atoms with E-state index >= 15 is 0 Å². The van der Waals surface area contributed by atoms with Crippen LogP contribution in [0.2, 0.25) is 0 Å². The predicted molar refractivity (Wildman–Crippen MR) is 74.4 cm³/mol. The summed E-state index contributed by atoms with van der Waals surface area (Å²) >= 11 is 1.54. The molecule has 0 aliphatic carbocycles. The molecule has 1 heterocycles. The molecule has 0 unspecified atom stereocenters. The molecule has 0 amide bonds. The van der Waals surface area contributed by atoms with Crippen LogP contribution in [0, 0.1) is 0 Å². The maximum atomic E-state index is 12.2. The second-order valence-electron chi connectivity index (χ2n) is 4.32. The van der Waals surface area contributed by atoms with Gasteiger partial charge < -0.3 is 5.32 Å². The smallest absolute Gasteiger partial charge is 0.240 e. The molecule has 0 bridgehead atoms. The van der Waals surface area contributed by atoms with Crippen molar-refractivity contribution in [1.82, 2.24) is 10.0 Å². The van der Waals surface area contributed by atoms with E-state index in [1.807, 2.05) is 12.3 Å². The molecule has 2 rings (SSSR count). The number of nitrogens with one attached hydrogen (secondary N) is 2. The average Bonchev–Trinajstić information content (AvgIpc) is 2.39. The average molecular weight is 286 g/mol. The van der Waals surface area contributed by atoms with Crippen LogP contribution in [0.25, 0.3) is 0 Å². The molecule has 0 aromatic heterocycles. The third kappa shape index (κ3) is 3.47. The predicted octanol–water partition coefficient (Wildman–Crippen LogP) is 1.44. The van der Waals surface area contributed by atoms with Crippen molar-refractivity contribution in [1.29, 1.82) is 0 Å². The third-order valence-electron chi connectivity index (χ3n) is 3.01. The van der Waals surface area contributed by atoms with Gasteiger partial charge in [0.2, 0.25) is 10.0 Å². The van der Waals surface area contributed by atoms with Crippen LogP contribution in [0.1, 0.15) is 12.8 Å². The second-order valence-corrected chi connectivity index (χ2v) is 6.92. The van der Waals surface area contributed by atoms with E-state index in [1.54, 1.807) is 30.0 Å². The van der Waals surface area contributed by atoms with Crippen molar-refractivity contribution < 1.29 is 8.42 Å². The maximum absolute atomic E-state index is 12.2. The summed E-state index contributed by atoms with van der Waals surface area (Å²) in [5.41, 5.74) is 0. The highest BCUT2D eigenvalue weighted by atomic mass is 32.2. The Morgan fingerprint density at radius 2 is 2.06 bits per heavy atom. The van der Waals surface area contributed by atoms with Crippen molar-refractivity contribution in [3.05, 3.63) is 24.3 Å². The van der Waals surface area contributed by atoms with Gasteiger partial charge in [0.05, 0.1) is 4.90 Å². The zero-order valence-electron chi connectivity index (χ0n) is 10.3. The third-order valence-corrected chi connectivity index (χ3v) is 5.26. The summed E-state index contributed by atoms with van der Waals surface area (Å²) in [4.78, 5) is 1.32. The molecule has 1 aromatic carbocycles. The molecule has 0 atom stereocenters. The highest BCUT2D eigenvalue weighted by molar-refractivity contribution is 7.98. The molecule has 1 saturated heterocycles. The number of sulfonamides is 1. The highest BCUT2D eigenvalue weighted by Gasteiger charge is 2.21. The Hall–Kier alpha value is -0.560. The summed E-state index contributed by atoms with van der Waals surface area (Å²) in [7, 11) is -3.38. The lowest BCUT2D eigenvalue weighted by Crippen LogP contribution is -2.42. The Bertz CT molecular complexity index is 497. The highest BCUT2D eigenvalue weighted by Crippen LogP contribution is 2.19. The number of hydrogen-bond acceptors (Lipinski definition) is 4. The Balaban J connectivity index is 2.13. The lowest BCUT2D eigenvalue weighted by atomic mass is 10.1. The first-order chi connectivity index (χ1) is 8.62. The van der Waals surface area contributed by atoms with E-state index in [0.717, 1.165) is 30.8 Å². The topological polar surface area (TPSA) is 58.2 Å². The first-order valence-electron chi connectivity index (χ1n) is 5.99. The lowest BCUT2D eigenvalue weighted by Gasteiger charge is -2.23. The first-order valence-corrected chi connectivity index (χ1v) is 8.70. The van der Waals surface area contributed by atoms with E-state index in [2.05, 4.69) is 10.0 Å². The SMILES string of the molecule is CSc1cccc(S(=O)(=O)NC2CCNCC2)c1. The van der Waals surface area contributed by atoms with Gasteiger partial charge in [0, 0.05) is 10.9 Å². The van der Waals surface area contributed by atoms with Crippen LogP contribution in [-0.4, -0.2) is 33.8 Å². The van der Waals surface area contributed by atoms with Crippen molar-refractivity contribution in [2.45, 2.75) is 28.7 Å². The number of benzene rings is 1. The summed E-state index contributed by atoms with van der Waals surface area (Å²) in [6.45, 7) is 1.75. The van der Waals surface area contributed by atoms with E-state index in [0.29, 0.717) is 4.90 Å². The van der Waals surface area contributed by atoms with E-state index in [-0.39, 0.29) is 6.04 Å². The van der Waals surface area contributed by atoms with Crippen molar-refractivity contribution >= 4 is 21.8 Å². The molecule has 6 heteroatoms. The van der Waals surface area contributed by atoms with Crippen LogP contribution in [0.4, 0.5) is 0 Å². The minimum Gasteiger partial charge on any atom is -0.317 e. The monoisotopic (exact) mass is 286 g/mol. The van der Waals surface area contributed by atoms with Gasteiger partial charge >= 0.3 is 0 Å². The lowest BCUT2D eigenvalue weighted by molar-refractivity contribution is 0.427. The van der Waals surface area contributed by atoms with E-state index in [4.69, 9.17) is 0 Å². The van der Waals surface area contributed by atoms with Gasteiger partial charge in [-0.2, -0.15) is 0 Å². The molecule has 1 fully saturated rings. The standard InChI is InChI=1S/C12H18N2O2S2/c1-17-11-3-2-4-12(9-11)18(15,16)14-10-5-7-13-8-6-10/h2-4,9-10,13-14H,5-8H2,1H3. The number of piperidine rings is 1. The van der Waals surface area contributed by atoms with E-state index in [1.165, 1.54) is 0 Å². The summed E-state index contributed by atoms with van der Waals surface area (Å²) in [6.07, 6.45) is 3.63. The van der Waals surface area contributed by atoms with Crippen LogP contribution < -0.4 is 10.0 Å². The maximum Gasteiger partial charge on any atom is 0.240 e. The summed E-state index contributed by atoms with van der Waals surface area (Å²) < 4.78 is 27.2. The quantitative estimate of drug-likeness (QED) is 0.822. The minimum atomic E-state index is -3.38. The summed E-state index contributed by atoms with van der Waals surface area (Å²) in [5, 5.41) is 3.22. The van der Waals surface area contributed by atoms with E-state index in [9.17, 15) is 8.42 Å². The van der Waals surface area contributed by atoms with Gasteiger partial charge in [0.1, 0.15) is 0 Å². The van der Waals surface area contributed by atoms with E-state index < -0.39 is 10.0 Å². The molecule has 1 aliphatic heterocycles. The normalized spacial score (nSPS) is 17.8. The molecule has 18 heavy (non-hydrogen) atoms. The molecule has 4 nitrogen and oxygen atoms in total. The zero-order valence-corrected chi connectivity index (χ0v) is 12.0. The number of rotatable bonds is 4. The Kier molecular flexibility index (Phi) is 4.66. The van der Waals surface area contributed by atoms with Crippen LogP contribution in [0.3, 0.4) is 0 Å². The van der Waals surface area contributed by atoms with Crippen LogP contribution in [-0.2, 0) is 10.0 Å². The van der Waals surface area contributed by atoms with Gasteiger partial charge in [-0.3, -0.25) is 0 Å². The van der Waals surface area contributed by atoms with Crippen molar-refractivity contribution in [3.8, 4) is 0 Å². The molecule has 0 radical (unpaired) electrons. The minimum absolute atomic E-state index is 0.0502. The zero-order chi connectivity index (χ0) is 13.0. The van der Waals surface area contributed by atoms with Crippen LogP contribution >= 0.6 is 11.8 Å². The van der Waals surface area contributed by atoms with Gasteiger partial charge in [-0.05, 0) is 50.4 Å². The van der Waals surface area contributed by atoms with Crippen LogP contribution in [0.15, 0.2) is 34.1 Å². The fourth-order valence-corrected chi connectivity index (χ4v) is 3.88. The van der Waals surface area contributed by atoms with Gasteiger partial charge in [-0.25, -0.2) is 13.1 Å². The molecule has 1 aromatic rings. The van der Waals surface area contributed by atoms with Gasteiger partial charge in [0.25, 0.3) is 0 Å². The van der Waals surface area contributed by atoms with Crippen molar-refractivity contribution in [3.63, 3.8) is 0 Å². The first kappa shape index (κ1) is 13.9.